The van der Waals surface area contributed by atoms with Crippen LogP contribution in [0.2, 0.25) is 5.02 Å². The Hall–Kier alpha value is -1.59. The maximum Gasteiger partial charge on any atom is 0.337 e. The lowest BCUT2D eigenvalue weighted by Crippen LogP contribution is -2.34. The lowest BCUT2D eigenvalue weighted by molar-refractivity contribution is -0.120. The molecule has 0 unspecified atom stereocenters. The van der Waals surface area contributed by atoms with E-state index in [1.54, 1.807) is 0 Å². The first-order valence-electron chi connectivity index (χ1n) is 6.12. The Labute approximate surface area is 116 Å². The number of aromatic carboxylic acids is 1. The number of piperidine rings is 1. The molecule has 6 heteroatoms. The molecule has 1 heterocycles. The standard InChI is InChI=1S/C13H15ClN2O3/c14-9-1-2-10(13(18)19)11(7-9)16-12(17)8-3-5-15-6-4-8/h1-2,7-8,15H,3-6H2,(H,16,17)(H,18,19). The number of carbonyl (C=O) groups excluding carboxylic acids is 1. The zero-order chi connectivity index (χ0) is 13.8. The van der Waals surface area contributed by atoms with Gasteiger partial charge in [0.1, 0.15) is 0 Å². The van der Waals surface area contributed by atoms with Gasteiger partial charge in [-0.25, -0.2) is 4.79 Å². The molecule has 0 atom stereocenters. The fraction of sp³-hybridized carbons (Fsp3) is 0.385. The Kier molecular flexibility index (Phi) is 4.39. The number of carboxylic acid groups (broad SMARTS) is 1. The summed E-state index contributed by atoms with van der Waals surface area (Å²) in [5.41, 5.74) is 0.301. The lowest BCUT2D eigenvalue weighted by Gasteiger charge is -2.22. The van der Waals surface area contributed by atoms with E-state index in [9.17, 15) is 9.59 Å². The topological polar surface area (TPSA) is 78.4 Å². The maximum atomic E-state index is 12.1. The van der Waals surface area contributed by atoms with Crippen molar-refractivity contribution < 1.29 is 14.7 Å². The third-order valence-electron chi connectivity index (χ3n) is 3.18. The van der Waals surface area contributed by atoms with Crippen molar-refractivity contribution >= 4 is 29.2 Å². The molecule has 1 fully saturated rings. The smallest absolute Gasteiger partial charge is 0.337 e. The average molecular weight is 283 g/mol. The molecule has 0 aliphatic carbocycles. The highest BCUT2D eigenvalue weighted by Gasteiger charge is 2.22. The van der Waals surface area contributed by atoms with Crippen LogP contribution < -0.4 is 10.6 Å². The minimum atomic E-state index is -1.09. The summed E-state index contributed by atoms with van der Waals surface area (Å²) in [6, 6.07) is 4.35. The van der Waals surface area contributed by atoms with Crippen molar-refractivity contribution in [1.29, 1.82) is 0 Å². The second-order valence-electron chi connectivity index (χ2n) is 4.51. The van der Waals surface area contributed by atoms with Gasteiger partial charge in [-0.3, -0.25) is 4.79 Å². The van der Waals surface area contributed by atoms with Crippen molar-refractivity contribution in [2.45, 2.75) is 12.8 Å². The highest BCUT2D eigenvalue weighted by molar-refractivity contribution is 6.31. The number of amides is 1. The quantitative estimate of drug-likeness (QED) is 0.792. The summed E-state index contributed by atoms with van der Waals surface area (Å²) in [5, 5.41) is 15.3. The van der Waals surface area contributed by atoms with E-state index in [1.165, 1.54) is 18.2 Å². The Morgan fingerprint density at radius 2 is 2.00 bits per heavy atom. The minimum absolute atomic E-state index is 0.0479. The summed E-state index contributed by atoms with van der Waals surface area (Å²) in [4.78, 5) is 23.2. The molecular formula is C13H15ClN2O3. The number of halogens is 1. The average Bonchev–Trinajstić information content (AvgIpc) is 2.39. The van der Waals surface area contributed by atoms with E-state index >= 15 is 0 Å². The predicted octanol–water partition coefficient (Wildman–Crippen LogP) is 1.98. The van der Waals surface area contributed by atoms with Gasteiger partial charge >= 0.3 is 5.97 Å². The molecule has 19 heavy (non-hydrogen) atoms. The lowest BCUT2D eigenvalue weighted by atomic mass is 9.97. The highest BCUT2D eigenvalue weighted by Crippen LogP contribution is 2.23. The third kappa shape index (κ3) is 3.45. The molecule has 5 nitrogen and oxygen atoms in total. The number of hydrogen-bond acceptors (Lipinski definition) is 3. The summed E-state index contributed by atoms with van der Waals surface area (Å²) >= 11 is 5.84. The molecule has 0 aromatic heterocycles. The van der Waals surface area contributed by atoms with Crippen molar-refractivity contribution in [3.8, 4) is 0 Å². The van der Waals surface area contributed by atoms with Gasteiger partial charge in [0.05, 0.1) is 11.3 Å². The first kappa shape index (κ1) is 13.8. The molecule has 3 N–H and O–H groups in total. The number of benzene rings is 1. The molecule has 1 aliphatic rings. The van der Waals surface area contributed by atoms with Crippen molar-refractivity contribution in [1.82, 2.24) is 5.32 Å². The molecule has 2 rings (SSSR count). The van der Waals surface area contributed by atoms with E-state index < -0.39 is 5.97 Å². The maximum absolute atomic E-state index is 12.1. The molecule has 1 aliphatic heterocycles. The van der Waals surface area contributed by atoms with E-state index in [2.05, 4.69) is 10.6 Å². The van der Waals surface area contributed by atoms with Crippen LogP contribution in [0.4, 0.5) is 5.69 Å². The van der Waals surface area contributed by atoms with Gasteiger partial charge in [-0.1, -0.05) is 11.6 Å². The molecule has 1 saturated heterocycles. The molecule has 102 valence electrons. The van der Waals surface area contributed by atoms with Crippen LogP contribution in [0.1, 0.15) is 23.2 Å². The van der Waals surface area contributed by atoms with Crippen LogP contribution in [0, 0.1) is 5.92 Å². The molecular weight excluding hydrogens is 268 g/mol. The monoisotopic (exact) mass is 282 g/mol. The van der Waals surface area contributed by atoms with Crippen LogP contribution in [0.15, 0.2) is 18.2 Å². The van der Waals surface area contributed by atoms with Crippen LogP contribution in [0.5, 0.6) is 0 Å². The summed E-state index contributed by atoms with van der Waals surface area (Å²) in [6.45, 7) is 1.61. The van der Waals surface area contributed by atoms with E-state index in [4.69, 9.17) is 16.7 Å². The van der Waals surface area contributed by atoms with Gasteiger partial charge in [-0.2, -0.15) is 0 Å². The zero-order valence-corrected chi connectivity index (χ0v) is 11.0. The van der Waals surface area contributed by atoms with Gasteiger partial charge < -0.3 is 15.7 Å². The normalized spacial score (nSPS) is 16.1. The van der Waals surface area contributed by atoms with Gasteiger partial charge in [0.2, 0.25) is 5.91 Å². The molecule has 1 amide bonds. The minimum Gasteiger partial charge on any atom is -0.478 e. The molecule has 0 bridgehead atoms. The molecule has 1 aromatic rings. The second kappa shape index (κ2) is 6.04. The van der Waals surface area contributed by atoms with Crippen molar-refractivity contribution in [2.24, 2.45) is 5.92 Å². The third-order valence-corrected chi connectivity index (χ3v) is 3.41. The highest BCUT2D eigenvalue weighted by atomic mass is 35.5. The second-order valence-corrected chi connectivity index (χ2v) is 4.95. The fourth-order valence-corrected chi connectivity index (χ4v) is 2.30. The molecule has 0 radical (unpaired) electrons. The van der Waals surface area contributed by atoms with E-state index in [1.807, 2.05) is 0 Å². The zero-order valence-electron chi connectivity index (χ0n) is 10.3. The fourth-order valence-electron chi connectivity index (χ4n) is 2.13. The number of hydrogen-bond donors (Lipinski definition) is 3. The number of carboxylic acids is 1. The first-order chi connectivity index (χ1) is 9.08. The molecule has 0 spiro atoms. The summed E-state index contributed by atoms with van der Waals surface area (Å²) in [7, 11) is 0. The number of nitrogens with one attached hydrogen (secondary N) is 2. The summed E-state index contributed by atoms with van der Waals surface area (Å²) in [5.74, 6) is -1.31. The Morgan fingerprint density at radius 1 is 1.32 bits per heavy atom. The number of anilines is 1. The van der Waals surface area contributed by atoms with Crippen LogP contribution in [0.3, 0.4) is 0 Å². The van der Waals surface area contributed by atoms with Crippen LogP contribution in [0.25, 0.3) is 0 Å². The van der Waals surface area contributed by atoms with E-state index in [0.717, 1.165) is 25.9 Å². The van der Waals surface area contributed by atoms with Crippen molar-refractivity contribution in [2.75, 3.05) is 18.4 Å². The largest absolute Gasteiger partial charge is 0.478 e. The van der Waals surface area contributed by atoms with E-state index in [-0.39, 0.29) is 23.1 Å². The van der Waals surface area contributed by atoms with Gasteiger partial charge in [-0.15, -0.1) is 0 Å². The Bertz CT molecular complexity index is 499. The van der Waals surface area contributed by atoms with Gasteiger partial charge in [0.25, 0.3) is 0 Å². The number of rotatable bonds is 3. The molecule has 1 aromatic carbocycles. The van der Waals surface area contributed by atoms with Crippen LogP contribution in [-0.2, 0) is 4.79 Å². The SMILES string of the molecule is O=C(O)c1ccc(Cl)cc1NC(=O)C1CCNCC1. The van der Waals surface area contributed by atoms with Gasteiger partial charge in [-0.05, 0) is 44.1 Å². The number of carbonyl (C=O) groups is 2. The van der Waals surface area contributed by atoms with Crippen LogP contribution >= 0.6 is 11.6 Å². The van der Waals surface area contributed by atoms with E-state index in [0.29, 0.717) is 5.02 Å². The van der Waals surface area contributed by atoms with Crippen molar-refractivity contribution in [3.05, 3.63) is 28.8 Å². The Balaban J connectivity index is 2.15. The Morgan fingerprint density at radius 3 is 2.63 bits per heavy atom. The predicted molar refractivity (Wildman–Crippen MR) is 72.6 cm³/mol. The van der Waals surface area contributed by atoms with Gasteiger partial charge in [0.15, 0.2) is 0 Å². The molecule has 0 saturated carbocycles. The summed E-state index contributed by atoms with van der Waals surface area (Å²) in [6.07, 6.45) is 1.52. The van der Waals surface area contributed by atoms with Crippen molar-refractivity contribution in [3.63, 3.8) is 0 Å². The summed E-state index contributed by atoms with van der Waals surface area (Å²) < 4.78 is 0. The van der Waals surface area contributed by atoms with Gasteiger partial charge in [0, 0.05) is 10.9 Å². The first-order valence-corrected chi connectivity index (χ1v) is 6.50. The van der Waals surface area contributed by atoms with Crippen LogP contribution in [-0.4, -0.2) is 30.1 Å².